The summed E-state index contributed by atoms with van der Waals surface area (Å²) in [5.41, 5.74) is -0.954. The predicted molar refractivity (Wildman–Crippen MR) is 88.9 cm³/mol. The van der Waals surface area contributed by atoms with E-state index in [1.54, 1.807) is 6.92 Å². The summed E-state index contributed by atoms with van der Waals surface area (Å²) in [4.78, 5) is 23.1. The van der Waals surface area contributed by atoms with Crippen LogP contribution in [0.15, 0.2) is 0 Å². The van der Waals surface area contributed by atoms with Gasteiger partial charge in [0, 0.05) is 14.0 Å². The van der Waals surface area contributed by atoms with Crippen LogP contribution in [-0.2, 0) is 23.8 Å². The molecular weight excluding hydrogens is 298 g/mol. The smallest absolute Gasteiger partial charge is 0.317 e. The van der Waals surface area contributed by atoms with Gasteiger partial charge in [0.15, 0.2) is 0 Å². The second-order valence-electron chi connectivity index (χ2n) is 7.34. The highest BCUT2D eigenvalue weighted by molar-refractivity contribution is 5.77. The molecule has 0 rings (SSSR count). The lowest BCUT2D eigenvalue weighted by Gasteiger charge is -2.25. The van der Waals surface area contributed by atoms with Crippen molar-refractivity contribution in [1.29, 1.82) is 0 Å². The summed E-state index contributed by atoms with van der Waals surface area (Å²) in [5.74, 6) is -0.802. The Labute approximate surface area is 140 Å². The second-order valence-corrected chi connectivity index (χ2v) is 7.34. The Hall–Kier alpha value is -1.14. The lowest BCUT2D eigenvalue weighted by Crippen LogP contribution is -2.39. The first-order valence-electron chi connectivity index (χ1n) is 8.21. The van der Waals surface area contributed by atoms with Crippen LogP contribution in [0.2, 0.25) is 0 Å². The molecule has 6 heteroatoms. The standard InChI is InChI=1S/C17H34NO5/c1-15(19)23-14-17(2,13-21-6)16(20)22-12-10-8-7-9-11-18(3,4)5/h7-14H2,1-6H3/q+1. The third kappa shape index (κ3) is 11.1. The Balaban J connectivity index is 4.02. The van der Waals surface area contributed by atoms with E-state index in [9.17, 15) is 9.59 Å². The van der Waals surface area contributed by atoms with Gasteiger partial charge in [-0.3, -0.25) is 9.59 Å². The van der Waals surface area contributed by atoms with E-state index in [1.165, 1.54) is 20.5 Å². The summed E-state index contributed by atoms with van der Waals surface area (Å²) in [6.45, 7) is 4.66. The normalized spacial score (nSPS) is 14.2. The van der Waals surface area contributed by atoms with Gasteiger partial charge in [-0.1, -0.05) is 0 Å². The van der Waals surface area contributed by atoms with Crippen LogP contribution in [-0.4, -0.2) is 71.0 Å². The number of quaternary nitrogens is 1. The van der Waals surface area contributed by atoms with E-state index in [-0.39, 0.29) is 19.2 Å². The van der Waals surface area contributed by atoms with Gasteiger partial charge in [0.1, 0.15) is 12.0 Å². The van der Waals surface area contributed by atoms with Gasteiger partial charge >= 0.3 is 11.9 Å². The van der Waals surface area contributed by atoms with Crippen molar-refractivity contribution in [2.45, 2.75) is 39.5 Å². The zero-order valence-corrected chi connectivity index (χ0v) is 15.6. The number of esters is 2. The highest BCUT2D eigenvalue weighted by atomic mass is 16.6. The van der Waals surface area contributed by atoms with Crippen LogP contribution in [0.1, 0.15) is 39.5 Å². The van der Waals surface area contributed by atoms with Crippen molar-refractivity contribution in [3.05, 3.63) is 0 Å². The van der Waals surface area contributed by atoms with Crippen LogP contribution in [0.3, 0.4) is 0 Å². The quantitative estimate of drug-likeness (QED) is 0.311. The van der Waals surface area contributed by atoms with Crippen molar-refractivity contribution in [1.82, 2.24) is 0 Å². The summed E-state index contributed by atoms with van der Waals surface area (Å²) in [6, 6.07) is 0. The number of ether oxygens (including phenoxy) is 3. The van der Waals surface area contributed by atoms with Gasteiger partial charge < -0.3 is 18.7 Å². The molecule has 0 aromatic carbocycles. The summed E-state index contributed by atoms with van der Waals surface area (Å²) in [7, 11) is 8.05. The Morgan fingerprint density at radius 2 is 1.57 bits per heavy atom. The molecule has 0 amide bonds. The molecule has 136 valence electrons. The van der Waals surface area contributed by atoms with Crippen molar-refractivity contribution >= 4 is 11.9 Å². The molecule has 0 heterocycles. The summed E-state index contributed by atoms with van der Waals surface area (Å²) >= 11 is 0. The van der Waals surface area contributed by atoms with Gasteiger partial charge in [-0.25, -0.2) is 0 Å². The third-order valence-corrected chi connectivity index (χ3v) is 3.51. The van der Waals surface area contributed by atoms with Crippen LogP contribution >= 0.6 is 0 Å². The Kier molecular flexibility index (Phi) is 10.1. The van der Waals surface area contributed by atoms with E-state index in [1.807, 2.05) is 0 Å². The molecule has 0 spiro atoms. The molecule has 0 aromatic heterocycles. The van der Waals surface area contributed by atoms with E-state index in [4.69, 9.17) is 14.2 Å². The molecule has 23 heavy (non-hydrogen) atoms. The number of methoxy groups -OCH3 is 1. The van der Waals surface area contributed by atoms with Crippen LogP contribution in [0.5, 0.6) is 0 Å². The van der Waals surface area contributed by atoms with Crippen molar-refractivity contribution in [2.24, 2.45) is 5.41 Å². The number of nitrogens with zero attached hydrogens (tertiary/aromatic N) is 1. The average Bonchev–Trinajstić information content (AvgIpc) is 2.43. The average molecular weight is 332 g/mol. The minimum absolute atomic E-state index is 0.0293. The highest BCUT2D eigenvalue weighted by Crippen LogP contribution is 2.20. The van der Waals surface area contributed by atoms with E-state index < -0.39 is 11.4 Å². The fourth-order valence-electron chi connectivity index (χ4n) is 2.12. The highest BCUT2D eigenvalue weighted by Gasteiger charge is 2.36. The number of hydrogen-bond donors (Lipinski definition) is 0. The topological polar surface area (TPSA) is 61.8 Å². The number of carbonyl (C=O) groups excluding carboxylic acids is 2. The third-order valence-electron chi connectivity index (χ3n) is 3.51. The zero-order valence-electron chi connectivity index (χ0n) is 15.6. The molecule has 0 aliphatic heterocycles. The molecule has 1 unspecified atom stereocenters. The first kappa shape index (κ1) is 21.9. The van der Waals surface area contributed by atoms with E-state index >= 15 is 0 Å². The lowest BCUT2D eigenvalue weighted by atomic mass is 9.93. The molecule has 0 N–H and O–H groups in total. The van der Waals surface area contributed by atoms with Gasteiger partial charge in [0.2, 0.25) is 0 Å². The monoisotopic (exact) mass is 332 g/mol. The molecule has 0 aliphatic rings. The molecular formula is C17H34NO5+. The minimum Gasteiger partial charge on any atom is -0.465 e. The fraction of sp³-hybridized carbons (Fsp3) is 0.882. The van der Waals surface area contributed by atoms with Crippen LogP contribution in [0, 0.1) is 5.41 Å². The first-order chi connectivity index (χ1) is 10.6. The van der Waals surface area contributed by atoms with Crippen LogP contribution < -0.4 is 0 Å². The molecule has 0 fully saturated rings. The second kappa shape index (κ2) is 10.6. The summed E-state index contributed by atoms with van der Waals surface area (Å²) in [5, 5.41) is 0. The minimum atomic E-state index is -0.954. The van der Waals surface area contributed by atoms with Gasteiger partial charge in [-0.05, 0) is 32.6 Å². The molecule has 6 nitrogen and oxygen atoms in total. The maximum absolute atomic E-state index is 12.2. The molecule has 0 saturated carbocycles. The van der Waals surface area contributed by atoms with Crippen molar-refractivity contribution in [3.8, 4) is 0 Å². The maximum atomic E-state index is 12.2. The van der Waals surface area contributed by atoms with Crippen LogP contribution in [0.4, 0.5) is 0 Å². The van der Waals surface area contributed by atoms with E-state index in [2.05, 4.69) is 21.1 Å². The van der Waals surface area contributed by atoms with Gasteiger partial charge in [-0.15, -0.1) is 0 Å². The number of hydrogen-bond acceptors (Lipinski definition) is 5. The van der Waals surface area contributed by atoms with Crippen LogP contribution in [0.25, 0.3) is 0 Å². The van der Waals surface area contributed by atoms with E-state index in [0.29, 0.717) is 6.61 Å². The Morgan fingerprint density at radius 3 is 2.09 bits per heavy atom. The molecule has 0 radical (unpaired) electrons. The number of carbonyl (C=O) groups is 2. The summed E-state index contributed by atoms with van der Waals surface area (Å²) < 4.78 is 16.3. The van der Waals surface area contributed by atoms with Gasteiger partial charge in [0.25, 0.3) is 0 Å². The molecule has 1 atom stereocenters. The SMILES string of the molecule is COCC(C)(COC(C)=O)C(=O)OCCCCCC[N+](C)(C)C. The van der Waals surface area contributed by atoms with Gasteiger partial charge in [-0.2, -0.15) is 0 Å². The molecule has 0 bridgehead atoms. The maximum Gasteiger partial charge on any atom is 0.317 e. The zero-order chi connectivity index (χ0) is 17.9. The fourth-order valence-corrected chi connectivity index (χ4v) is 2.12. The largest absolute Gasteiger partial charge is 0.465 e. The van der Waals surface area contributed by atoms with Crippen molar-refractivity contribution in [3.63, 3.8) is 0 Å². The predicted octanol–water partition coefficient (Wildman–Crippen LogP) is 2.01. The molecule has 0 aliphatic carbocycles. The lowest BCUT2D eigenvalue weighted by molar-refractivity contribution is -0.870. The van der Waals surface area contributed by atoms with Crippen molar-refractivity contribution < 1.29 is 28.3 Å². The van der Waals surface area contributed by atoms with Gasteiger partial charge in [0.05, 0.1) is 40.9 Å². The first-order valence-corrected chi connectivity index (χ1v) is 8.21. The van der Waals surface area contributed by atoms with Crippen molar-refractivity contribution in [2.75, 3.05) is 54.6 Å². The summed E-state index contributed by atoms with van der Waals surface area (Å²) in [6.07, 6.45) is 4.19. The Bertz CT molecular complexity index is 364. The molecule has 0 aromatic rings. The molecule has 0 saturated heterocycles. The number of unbranched alkanes of at least 4 members (excludes halogenated alkanes) is 3. The Morgan fingerprint density at radius 1 is 0.957 bits per heavy atom. The van der Waals surface area contributed by atoms with E-state index in [0.717, 1.165) is 30.3 Å². The number of rotatable bonds is 12.